The highest BCUT2D eigenvalue weighted by molar-refractivity contribution is 6.02. The fourth-order valence-corrected chi connectivity index (χ4v) is 1.36. The molecule has 1 heterocycles. The van der Waals surface area contributed by atoms with Crippen LogP contribution in [0.3, 0.4) is 0 Å². The van der Waals surface area contributed by atoms with E-state index in [1.165, 1.54) is 11.1 Å². The average Bonchev–Trinajstić information content (AvgIpc) is 2.33. The van der Waals surface area contributed by atoms with Crippen LogP contribution >= 0.6 is 0 Å². The molecule has 0 atom stereocenters. The number of hydrogen-bond donors (Lipinski definition) is 1. The molecule has 0 fully saturated rings. The van der Waals surface area contributed by atoms with Crippen molar-refractivity contribution in [3.63, 3.8) is 0 Å². The zero-order valence-electron chi connectivity index (χ0n) is 6.46. The van der Waals surface area contributed by atoms with Gasteiger partial charge >= 0.3 is 0 Å². The van der Waals surface area contributed by atoms with Gasteiger partial charge in [0.2, 0.25) is 0 Å². The molecule has 1 aromatic rings. The van der Waals surface area contributed by atoms with Crippen LogP contribution in [-0.2, 0) is 6.54 Å². The van der Waals surface area contributed by atoms with Gasteiger partial charge in [0.1, 0.15) is 0 Å². The summed E-state index contributed by atoms with van der Waals surface area (Å²) in [6.45, 7) is 2.84. The van der Waals surface area contributed by atoms with Crippen LogP contribution in [-0.4, -0.2) is 5.71 Å². The minimum Gasteiger partial charge on any atom is -0.399 e. The maximum atomic E-state index is 5.64. The SMILES string of the molecule is CC1=NCc2ccc(N)cc21. The summed E-state index contributed by atoms with van der Waals surface area (Å²) in [7, 11) is 0. The Bertz CT molecular complexity index is 326. The van der Waals surface area contributed by atoms with E-state index < -0.39 is 0 Å². The molecule has 2 heteroatoms. The number of hydrogen-bond acceptors (Lipinski definition) is 2. The fourth-order valence-electron chi connectivity index (χ4n) is 1.36. The minimum atomic E-state index is 0.820. The summed E-state index contributed by atoms with van der Waals surface area (Å²) in [5.74, 6) is 0. The highest BCUT2D eigenvalue weighted by Crippen LogP contribution is 2.20. The largest absolute Gasteiger partial charge is 0.399 e. The molecule has 0 bridgehead atoms. The van der Waals surface area contributed by atoms with Crippen LogP contribution in [0.5, 0.6) is 0 Å². The molecule has 11 heavy (non-hydrogen) atoms. The van der Waals surface area contributed by atoms with E-state index in [1.807, 2.05) is 25.1 Å². The number of nitrogens with two attached hydrogens (primary N) is 1. The highest BCUT2D eigenvalue weighted by atomic mass is 14.8. The van der Waals surface area contributed by atoms with Gasteiger partial charge in [-0.25, -0.2) is 0 Å². The van der Waals surface area contributed by atoms with Crippen LogP contribution in [0.2, 0.25) is 0 Å². The highest BCUT2D eigenvalue weighted by Gasteiger charge is 2.10. The van der Waals surface area contributed by atoms with E-state index in [0.717, 1.165) is 17.9 Å². The van der Waals surface area contributed by atoms with Crippen LogP contribution in [0.25, 0.3) is 0 Å². The fraction of sp³-hybridized carbons (Fsp3) is 0.222. The molecule has 0 unspecified atom stereocenters. The van der Waals surface area contributed by atoms with Crippen molar-refractivity contribution >= 4 is 11.4 Å². The van der Waals surface area contributed by atoms with Crippen molar-refractivity contribution in [2.75, 3.05) is 5.73 Å². The van der Waals surface area contributed by atoms with Crippen molar-refractivity contribution in [3.05, 3.63) is 29.3 Å². The maximum Gasteiger partial charge on any atom is 0.0649 e. The van der Waals surface area contributed by atoms with Crippen molar-refractivity contribution in [2.24, 2.45) is 4.99 Å². The Morgan fingerprint density at radius 2 is 2.27 bits per heavy atom. The lowest BCUT2D eigenvalue weighted by molar-refractivity contribution is 1.11. The molecule has 2 rings (SSSR count). The molecule has 56 valence electrons. The van der Waals surface area contributed by atoms with E-state index in [2.05, 4.69) is 4.99 Å². The molecule has 0 aromatic heterocycles. The molecule has 0 saturated carbocycles. The lowest BCUT2D eigenvalue weighted by Crippen LogP contribution is -1.94. The number of aliphatic imine (C=N–C) groups is 1. The Labute approximate surface area is 65.8 Å². The van der Waals surface area contributed by atoms with Gasteiger partial charge in [0, 0.05) is 17.0 Å². The van der Waals surface area contributed by atoms with Crippen LogP contribution in [0, 0.1) is 0 Å². The van der Waals surface area contributed by atoms with Gasteiger partial charge < -0.3 is 5.73 Å². The number of fused-ring (bicyclic) bond motifs is 1. The second kappa shape index (κ2) is 2.09. The smallest absolute Gasteiger partial charge is 0.0649 e. The van der Waals surface area contributed by atoms with Crippen molar-refractivity contribution in [2.45, 2.75) is 13.5 Å². The standard InChI is InChI=1S/C9H10N2/c1-6-9-4-8(10)3-2-7(9)5-11-6/h2-4H,5,10H2,1H3. The number of benzene rings is 1. The van der Waals surface area contributed by atoms with Gasteiger partial charge in [-0.05, 0) is 24.6 Å². The average molecular weight is 146 g/mol. The van der Waals surface area contributed by atoms with E-state index in [9.17, 15) is 0 Å². The summed E-state index contributed by atoms with van der Waals surface area (Å²) in [5, 5.41) is 0. The number of anilines is 1. The molecule has 0 amide bonds. The molecule has 0 radical (unpaired) electrons. The third-order valence-corrected chi connectivity index (χ3v) is 2.01. The number of nitrogens with zero attached hydrogens (tertiary/aromatic N) is 1. The first kappa shape index (κ1) is 6.40. The van der Waals surface area contributed by atoms with Crippen LogP contribution in [0.4, 0.5) is 5.69 Å². The third kappa shape index (κ3) is 0.909. The quantitative estimate of drug-likeness (QED) is 0.554. The van der Waals surface area contributed by atoms with Gasteiger partial charge in [-0.3, -0.25) is 4.99 Å². The number of rotatable bonds is 0. The molecule has 1 aromatic carbocycles. The van der Waals surface area contributed by atoms with E-state index in [-0.39, 0.29) is 0 Å². The molecule has 0 spiro atoms. The summed E-state index contributed by atoms with van der Waals surface area (Å²) in [4.78, 5) is 4.31. The zero-order valence-corrected chi connectivity index (χ0v) is 6.46. The molecule has 1 aliphatic rings. The second-order valence-corrected chi connectivity index (χ2v) is 2.82. The van der Waals surface area contributed by atoms with Crippen molar-refractivity contribution in [1.29, 1.82) is 0 Å². The van der Waals surface area contributed by atoms with E-state index in [4.69, 9.17) is 5.73 Å². The van der Waals surface area contributed by atoms with Gasteiger partial charge in [-0.1, -0.05) is 6.07 Å². The summed E-state index contributed by atoms with van der Waals surface area (Å²) in [6, 6.07) is 5.96. The Morgan fingerprint density at radius 3 is 3.09 bits per heavy atom. The Kier molecular flexibility index (Phi) is 1.22. The normalized spacial score (nSPS) is 14.5. The monoisotopic (exact) mass is 146 g/mol. The molecule has 0 saturated heterocycles. The molecule has 1 aliphatic heterocycles. The molecular formula is C9H10N2. The van der Waals surface area contributed by atoms with Gasteiger partial charge in [-0.2, -0.15) is 0 Å². The van der Waals surface area contributed by atoms with Gasteiger partial charge in [0.25, 0.3) is 0 Å². The van der Waals surface area contributed by atoms with E-state index in [1.54, 1.807) is 0 Å². The zero-order chi connectivity index (χ0) is 7.84. The summed E-state index contributed by atoms with van der Waals surface area (Å²) < 4.78 is 0. The third-order valence-electron chi connectivity index (χ3n) is 2.01. The second-order valence-electron chi connectivity index (χ2n) is 2.82. The maximum absolute atomic E-state index is 5.64. The lowest BCUT2D eigenvalue weighted by atomic mass is 10.1. The van der Waals surface area contributed by atoms with Crippen molar-refractivity contribution in [1.82, 2.24) is 0 Å². The van der Waals surface area contributed by atoms with Crippen molar-refractivity contribution < 1.29 is 0 Å². The van der Waals surface area contributed by atoms with E-state index in [0.29, 0.717) is 0 Å². The van der Waals surface area contributed by atoms with Crippen LogP contribution < -0.4 is 5.73 Å². The molecule has 0 aliphatic carbocycles. The lowest BCUT2D eigenvalue weighted by Gasteiger charge is -1.99. The summed E-state index contributed by atoms with van der Waals surface area (Å²) in [5.41, 5.74) is 10.1. The predicted octanol–water partition coefficient (Wildman–Crippen LogP) is 1.59. The van der Waals surface area contributed by atoms with Crippen LogP contribution in [0.1, 0.15) is 18.1 Å². The minimum absolute atomic E-state index is 0.820. The van der Waals surface area contributed by atoms with Gasteiger partial charge in [0.05, 0.1) is 6.54 Å². The Morgan fingerprint density at radius 1 is 1.45 bits per heavy atom. The Hall–Kier alpha value is -1.31. The molecule has 2 nitrogen and oxygen atoms in total. The first-order valence-electron chi connectivity index (χ1n) is 3.67. The van der Waals surface area contributed by atoms with E-state index >= 15 is 0 Å². The first-order valence-corrected chi connectivity index (χ1v) is 3.67. The topological polar surface area (TPSA) is 38.4 Å². The van der Waals surface area contributed by atoms with Crippen LogP contribution in [0.15, 0.2) is 23.2 Å². The van der Waals surface area contributed by atoms with Crippen molar-refractivity contribution in [3.8, 4) is 0 Å². The summed E-state index contributed by atoms with van der Waals surface area (Å²) >= 11 is 0. The molecular weight excluding hydrogens is 136 g/mol. The Balaban J connectivity index is 2.60. The first-order chi connectivity index (χ1) is 5.27. The van der Waals surface area contributed by atoms with Gasteiger partial charge in [-0.15, -0.1) is 0 Å². The predicted molar refractivity (Wildman–Crippen MR) is 46.8 cm³/mol. The molecule has 2 N–H and O–H groups in total. The van der Waals surface area contributed by atoms with Gasteiger partial charge in [0.15, 0.2) is 0 Å². The number of nitrogen functional groups attached to an aromatic ring is 1. The summed E-state index contributed by atoms with van der Waals surface area (Å²) in [6.07, 6.45) is 0.